The molecule has 0 amide bonds. The van der Waals surface area contributed by atoms with E-state index in [-0.39, 0.29) is 17.6 Å². The van der Waals surface area contributed by atoms with Crippen molar-refractivity contribution in [2.75, 3.05) is 0 Å². The molecule has 0 bridgehead atoms. The van der Waals surface area contributed by atoms with Crippen LogP contribution in [-0.4, -0.2) is 94.7 Å². The van der Waals surface area contributed by atoms with Crippen molar-refractivity contribution < 1.29 is 71.8 Å². The maximum atomic E-state index is 13.9. The molecule has 2 aliphatic carbocycles. The van der Waals surface area contributed by atoms with E-state index in [0.717, 1.165) is 27.7 Å². The lowest BCUT2D eigenvalue weighted by Crippen LogP contribution is -2.60. The van der Waals surface area contributed by atoms with Crippen LogP contribution in [0.5, 0.6) is 0 Å². The molecule has 314 valence electrons. The highest BCUT2D eigenvalue weighted by molar-refractivity contribution is 5.89. The van der Waals surface area contributed by atoms with E-state index in [2.05, 4.69) is 6.58 Å². The van der Waals surface area contributed by atoms with E-state index in [1.165, 1.54) is 39.8 Å². The van der Waals surface area contributed by atoms with Gasteiger partial charge in [-0.2, -0.15) is 0 Å². The van der Waals surface area contributed by atoms with Gasteiger partial charge in [0.1, 0.15) is 23.4 Å². The summed E-state index contributed by atoms with van der Waals surface area (Å²) in [7, 11) is 0. The second kappa shape index (κ2) is 18.5. The van der Waals surface area contributed by atoms with E-state index in [1.807, 2.05) is 0 Å². The molecule has 0 radical (unpaired) electrons. The summed E-state index contributed by atoms with van der Waals surface area (Å²) < 4.78 is 41.7. The molecule has 0 aromatic heterocycles. The first-order chi connectivity index (χ1) is 26.4. The summed E-state index contributed by atoms with van der Waals surface area (Å²) in [6.45, 7) is 19.5. The standard InChI is InChI=1S/C42H56O15/c1-13-30(47)54-33-24(5)32(55-38(48)22(2)3)31-36(52-26(7)44)41(12,57-28(9)46)21-42(31,50)35(56-39(49)29-17-15-14-16-18-29)23(4)19-20-40(10,11)37(53-27(8)45)34(33)51-25(6)43/h14-20,22-23,31-37,50H,5,13,21H2,1-4,6-12H3/b20-19+/t23-,31-,32-,33-,34+,35+,36+,37+,41+,42+/m0/s1. The third-order valence-corrected chi connectivity index (χ3v) is 10.1. The molecule has 1 saturated carbocycles. The molecule has 2 aliphatic rings. The van der Waals surface area contributed by atoms with Gasteiger partial charge in [-0.25, -0.2) is 4.79 Å². The highest BCUT2D eigenvalue weighted by atomic mass is 16.6. The average molecular weight is 801 g/mol. The number of aliphatic hydroxyl groups is 1. The summed E-state index contributed by atoms with van der Waals surface area (Å²) in [5.41, 5.74) is -5.76. The molecule has 0 unspecified atom stereocenters. The highest BCUT2D eigenvalue weighted by Gasteiger charge is 2.70. The van der Waals surface area contributed by atoms with E-state index in [4.69, 9.17) is 33.2 Å². The van der Waals surface area contributed by atoms with E-state index in [9.17, 15) is 38.7 Å². The summed E-state index contributed by atoms with van der Waals surface area (Å²) >= 11 is 0. The van der Waals surface area contributed by atoms with Gasteiger partial charge >= 0.3 is 41.8 Å². The van der Waals surface area contributed by atoms with E-state index in [1.54, 1.807) is 51.1 Å². The summed E-state index contributed by atoms with van der Waals surface area (Å²) in [5, 5.41) is 13.4. The van der Waals surface area contributed by atoms with Crippen LogP contribution < -0.4 is 0 Å². The third-order valence-electron chi connectivity index (χ3n) is 10.1. The number of fused-ring (bicyclic) bond motifs is 1. The van der Waals surface area contributed by atoms with Crippen molar-refractivity contribution >= 4 is 41.8 Å². The van der Waals surface area contributed by atoms with Crippen LogP contribution in [0.1, 0.15) is 99.4 Å². The quantitative estimate of drug-likeness (QED) is 0.193. The lowest BCUT2D eigenvalue weighted by molar-refractivity contribution is -0.198. The molecule has 0 heterocycles. The van der Waals surface area contributed by atoms with Gasteiger partial charge in [0.2, 0.25) is 0 Å². The fourth-order valence-corrected chi connectivity index (χ4v) is 7.63. The molecule has 15 nitrogen and oxygen atoms in total. The molecule has 15 heteroatoms. The molecule has 0 aliphatic heterocycles. The van der Waals surface area contributed by atoms with Crippen LogP contribution in [0, 0.1) is 23.2 Å². The van der Waals surface area contributed by atoms with Gasteiger partial charge in [-0.3, -0.25) is 28.8 Å². The molecule has 57 heavy (non-hydrogen) atoms. The molecule has 1 aromatic carbocycles. The normalized spacial score (nSPS) is 31.6. The van der Waals surface area contributed by atoms with Crippen LogP contribution in [-0.2, 0) is 61.9 Å². The number of hydrogen-bond acceptors (Lipinski definition) is 15. The lowest BCUT2D eigenvalue weighted by Gasteiger charge is -2.46. The Morgan fingerprint density at radius 1 is 0.772 bits per heavy atom. The molecule has 1 aromatic rings. The van der Waals surface area contributed by atoms with E-state index < -0.39 is 119 Å². The molecule has 10 atom stereocenters. The minimum atomic E-state index is -2.42. The number of hydrogen-bond donors (Lipinski definition) is 1. The largest absolute Gasteiger partial charge is 0.458 e. The number of carbonyl (C=O) groups excluding carboxylic acids is 7. The second-order valence-corrected chi connectivity index (χ2v) is 15.8. The van der Waals surface area contributed by atoms with Gasteiger partial charge < -0.3 is 38.3 Å². The topological polar surface area (TPSA) is 204 Å². The first-order valence-electron chi connectivity index (χ1n) is 18.9. The van der Waals surface area contributed by atoms with Crippen LogP contribution in [0.15, 0.2) is 54.6 Å². The van der Waals surface area contributed by atoms with Gasteiger partial charge in [-0.05, 0) is 19.1 Å². The number of rotatable bonds is 10. The zero-order chi connectivity index (χ0) is 43.2. The lowest BCUT2D eigenvalue weighted by atomic mass is 9.71. The fraction of sp³-hybridized carbons (Fsp3) is 0.595. The highest BCUT2D eigenvalue weighted by Crippen LogP contribution is 2.54. The summed E-state index contributed by atoms with van der Waals surface area (Å²) in [6.07, 6.45) is -7.49. The van der Waals surface area contributed by atoms with Crippen molar-refractivity contribution in [3.8, 4) is 0 Å². The Bertz CT molecular complexity index is 1730. The van der Waals surface area contributed by atoms with Crippen LogP contribution in [0.3, 0.4) is 0 Å². The van der Waals surface area contributed by atoms with Crippen LogP contribution in [0.2, 0.25) is 0 Å². The Balaban J connectivity index is 2.61. The molecule has 0 spiro atoms. The van der Waals surface area contributed by atoms with Crippen LogP contribution in [0.4, 0.5) is 0 Å². The predicted molar refractivity (Wildman–Crippen MR) is 202 cm³/mol. The minimum absolute atomic E-state index is 0.121. The van der Waals surface area contributed by atoms with Crippen molar-refractivity contribution in [3.05, 3.63) is 60.2 Å². The fourth-order valence-electron chi connectivity index (χ4n) is 7.63. The molecular weight excluding hydrogens is 744 g/mol. The maximum absolute atomic E-state index is 13.9. The van der Waals surface area contributed by atoms with Crippen molar-refractivity contribution in [3.63, 3.8) is 0 Å². The molecule has 1 N–H and O–H groups in total. The number of ether oxygens (including phenoxy) is 7. The van der Waals surface area contributed by atoms with Crippen molar-refractivity contribution in [1.82, 2.24) is 0 Å². The summed E-state index contributed by atoms with van der Waals surface area (Å²) in [6, 6.07) is 7.93. The molecule has 0 saturated heterocycles. The van der Waals surface area contributed by atoms with Crippen molar-refractivity contribution in [2.24, 2.45) is 23.2 Å². The van der Waals surface area contributed by atoms with Crippen molar-refractivity contribution in [2.45, 2.75) is 137 Å². The second-order valence-electron chi connectivity index (χ2n) is 15.8. The monoisotopic (exact) mass is 800 g/mol. The maximum Gasteiger partial charge on any atom is 0.338 e. The molecule has 3 rings (SSSR count). The van der Waals surface area contributed by atoms with E-state index >= 15 is 0 Å². The average Bonchev–Trinajstić information content (AvgIpc) is 3.32. The first kappa shape index (κ1) is 46.3. The molecule has 1 fully saturated rings. The van der Waals surface area contributed by atoms with Gasteiger partial charge in [-0.15, -0.1) is 0 Å². The Hall–Kier alpha value is -5.05. The van der Waals surface area contributed by atoms with Gasteiger partial charge in [0, 0.05) is 57.4 Å². The Labute approximate surface area is 333 Å². The smallest absolute Gasteiger partial charge is 0.338 e. The Morgan fingerprint density at radius 3 is 1.84 bits per heavy atom. The van der Waals surface area contributed by atoms with Crippen LogP contribution >= 0.6 is 0 Å². The van der Waals surface area contributed by atoms with Crippen LogP contribution in [0.25, 0.3) is 0 Å². The number of esters is 7. The van der Waals surface area contributed by atoms with E-state index in [0.29, 0.717) is 0 Å². The minimum Gasteiger partial charge on any atom is -0.458 e. The first-order valence-corrected chi connectivity index (χ1v) is 18.9. The third kappa shape index (κ3) is 10.9. The Kier molecular flexibility index (Phi) is 15.0. The zero-order valence-electron chi connectivity index (χ0n) is 34.5. The van der Waals surface area contributed by atoms with Crippen molar-refractivity contribution in [1.29, 1.82) is 0 Å². The number of benzene rings is 1. The zero-order valence-corrected chi connectivity index (χ0v) is 34.5. The van der Waals surface area contributed by atoms with Gasteiger partial charge in [0.05, 0.1) is 17.4 Å². The van der Waals surface area contributed by atoms with Gasteiger partial charge in [-0.1, -0.05) is 78.5 Å². The Morgan fingerprint density at radius 2 is 1.33 bits per heavy atom. The summed E-state index contributed by atoms with van der Waals surface area (Å²) in [4.78, 5) is 92.3. The van der Waals surface area contributed by atoms with Gasteiger partial charge in [0.15, 0.2) is 24.4 Å². The predicted octanol–water partition coefficient (Wildman–Crippen LogP) is 4.76. The van der Waals surface area contributed by atoms with Gasteiger partial charge in [0.25, 0.3) is 0 Å². The number of carbonyl (C=O) groups is 7. The SMILES string of the molecule is C=C1[C@H](OC(=O)CC)[C@@H](OC(C)=O)[C@@H](OC(C)=O)C(C)(C)/C=C/[C@H](C)[C@@H](OC(=O)c2ccccc2)[C@@]2(O)C[C@@](C)(OC(C)=O)[C@H](OC(C)=O)[C@@H]2[C@H]1OC(=O)C(C)C. The molecular formula is C42H56O15. The summed E-state index contributed by atoms with van der Waals surface area (Å²) in [5.74, 6) is -9.39.